The number of hydrogen-bond donors (Lipinski definition) is 1. The van der Waals surface area contributed by atoms with Gasteiger partial charge >= 0.3 is 5.97 Å². The highest BCUT2D eigenvalue weighted by Gasteiger charge is 2.19. The quantitative estimate of drug-likeness (QED) is 0.481. The molecule has 142 valence electrons. The molecule has 0 saturated heterocycles. The lowest BCUT2D eigenvalue weighted by Gasteiger charge is -2.05. The van der Waals surface area contributed by atoms with Gasteiger partial charge in [0.15, 0.2) is 6.61 Å². The second-order valence-corrected chi connectivity index (χ2v) is 7.19. The van der Waals surface area contributed by atoms with Crippen LogP contribution in [0, 0.1) is 6.92 Å². The number of hydrogen-bond acceptors (Lipinski definition) is 6. The Morgan fingerprint density at radius 1 is 1.33 bits per heavy atom. The molecule has 0 bridgehead atoms. The average molecular weight is 408 g/mol. The van der Waals surface area contributed by atoms with Crippen molar-refractivity contribution >= 4 is 45.0 Å². The molecule has 0 saturated carbocycles. The first-order valence-corrected chi connectivity index (χ1v) is 9.37. The molecular formula is C18H18ClN3O4S. The van der Waals surface area contributed by atoms with E-state index in [0.29, 0.717) is 23.1 Å². The number of methoxy groups -OCH3 is 1. The van der Waals surface area contributed by atoms with Gasteiger partial charge < -0.3 is 14.8 Å². The van der Waals surface area contributed by atoms with E-state index in [-0.39, 0.29) is 12.5 Å². The Hall–Kier alpha value is -2.42. The summed E-state index contributed by atoms with van der Waals surface area (Å²) in [5.74, 6) is -0.919. The summed E-state index contributed by atoms with van der Waals surface area (Å²) in [6.07, 6.45) is 0. The lowest BCUT2D eigenvalue weighted by atomic mass is 10.3. The van der Waals surface area contributed by atoms with Crippen LogP contribution in [0.4, 0.5) is 0 Å². The normalized spacial score (nSPS) is 10.9. The molecule has 7 nitrogen and oxygen atoms in total. The van der Waals surface area contributed by atoms with E-state index in [1.807, 2.05) is 19.1 Å². The second-order valence-electron chi connectivity index (χ2n) is 5.73. The topological polar surface area (TPSA) is 82.4 Å². The van der Waals surface area contributed by atoms with E-state index in [1.54, 1.807) is 30.0 Å². The van der Waals surface area contributed by atoms with E-state index in [2.05, 4.69) is 10.4 Å². The molecule has 3 rings (SSSR count). The Morgan fingerprint density at radius 3 is 2.89 bits per heavy atom. The van der Waals surface area contributed by atoms with Crippen LogP contribution in [0.15, 0.2) is 30.3 Å². The highest BCUT2D eigenvalue weighted by Crippen LogP contribution is 2.31. The molecule has 3 aromatic rings. The zero-order valence-electron chi connectivity index (χ0n) is 14.8. The van der Waals surface area contributed by atoms with Gasteiger partial charge in [0.25, 0.3) is 5.91 Å². The molecule has 1 N–H and O–H groups in total. The lowest BCUT2D eigenvalue weighted by molar-refractivity contribution is -0.124. The minimum Gasteiger partial charge on any atom is -0.451 e. The molecule has 0 unspecified atom stereocenters. The first-order valence-electron chi connectivity index (χ1n) is 8.17. The van der Waals surface area contributed by atoms with Crippen LogP contribution in [-0.2, 0) is 14.3 Å². The number of aryl methyl sites for hydroxylation is 1. The van der Waals surface area contributed by atoms with Crippen LogP contribution < -0.4 is 5.32 Å². The van der Waals surface area contributed by atoms with E-state index >= 15 is 0 Å². The monoisotopic (exact) mass is 407 g/mol. The van der Waals surface area contributed by atoms with Gasteiger partial charge in [-0.05, 0) is 31.2 Å². The van der Waals surface area contributed by atoms with Gasteiger partial charge in [-0.3, -0.25) is 4.79 Å². The molecular weight excluding hydrogens is 390 g/mol. The third-order valence-electron chi connectivity index (χ3n) is 3.76. The van der Waals surface area contributed by atoms with Gasteiger partial charge in [0.05, 0.1) is 18.0 Å². The van der Waals surface area contributed by atoms with Gasteiger partial charge in [-0.2, -0.15) is 5.10 Å². The van der Waals surface area contributed by atoms with Crippen molar-refractivity contribution in [3.8, 4) is 5.69 Å². The van der Waals surface area contributed by atoms with Gasteiger partial charge in [-0.15, -0.1) is 11.3 Å². The summed E-state index contributed by atoms with van der Waals surface area (Å²) < 4.78 is 11.7. The highest BCUT2D eigenvalue weighted by molar-refractivity contribution is 7.20. The summed E-state index contributed by atoms with van der Waals surface area (Å²) in [5.41, 5.74) is 1.59. The number of esters is 1. The summed E-state index contributed by atoms with van der Waals surface area (Å²) in [6, 6.07) is 9.04. The molecule has 0 aliphatic rings. The third kappa shape index (κ3) is 4.47. The SMILES string of the molecule is COCCNC(=O)COC(=O)c1cc2c(C)nn(-c3cccc(Cl)c3)c2s1. The molecule has 0 spiro atoms. The fraction of sp³-hybridized carbons (Fsp3) is 0.278. The first kappa shape index (κ1) is 19.3. The molecule has 0 atom stereocenters. The predicted octanol–water partition coefficient (Wildman–Crippen LogP) is 2.97. The van der Waals surface area contributed by atoms with Crippen LogP contribution in [0.25, 0.3) is 15.9 Å². The number of halogens is 1. The smallest absolute Gasteiger partial charge is 0.348 e. The van der Waals surface area contributed by atoms with E-state index in [1.165, 1.54) is 11.3 Å². The maximum atomic E-state index is 12.3. The molecule has 0 aliphatic heterocycles. The van der Waals surface area contributed by atoms with Crippen LogP contribution >= 0.6 is 22.9 Å². The zero-order valence-corrected chi connectivity index (χ0v) is 16.4. The number of amides is 1. The Morgan fingerprint density at radius 2 is 2.15 bits per heavy atom. The average Bonchev–Trinajstić information content (AvgIpc) is 3.21. The van der Waals surface area contributed by atoms with Crippen molar-refractivity contribution < 1.29 is 19.1 Å². The first-order chi connectivity index (χ1) is 13.0. The van der Waals surface area contributed by atoms with Gasteiger partial charge in [0, 0.05) is 24.1 Å². The van der Waals surface area contributed by atoms with Crippen molar-refractivity contribution in [3.63, 3.8) is 0 Å². The number of nitrogens with zero attached hydrogens (tertiary/aromatic N) is 2. The van der Waals surface area contributed by atoms with Crippen molar-refractivity contribution in [2.45, 2.75) is 6.92 Å². The highest BCUT2D eigenvalue weighted by atomic mass is 35.5. The summed E-state index contributed by atoms with van der Waals surface area (Å²) in [4.78, 5) is 25.1. The molecule has 1 aromatic carbocycles. The van der Waals surface area contributed by atoms with Crippen molar-refractivity contribution in [1.29, 1.82) is 0 Å². The third-order valence-corrected chi connectivity index (χ3v) is 5.09. The molecule has 0 fully saturated rings. The van der Waals surface area contributed by atoms with E-state index < -0.39 is 5.97 Å². The van der Waals surface area contributed by atoms with Crippen molar-refractivity contribution in [2.24, 2.45) is 0 Å². The van der Waals surface area contributed by atoms with Crippen LogP contribution in [0.5, 0.6) is 0 Å². The molecule has 0 radical (unpaired) electrons. The van der Waals surface area contributed by atoms with Gasteiger partial charge in [-0.25, -0.2) is 9.48 Å². The molecule has 2 aromatic heterocycles. The number of ether oxygens (including phenoxy) is 2. The number of nitrogens with one attached hydrogen (secondary N) is 1. The summed E-state index contributed by atoms with van der Waals surface area (Å²) in [7, 11) is 1.54. The lowest BCUT2D eigenvalue weighted by Crippen LogP contribution is -2.31. The Kier molecular flexibility index (Phi) is 6.10. The number of rotatable bonds is 7. The fourth-order valence-electron chi connectivity index (χ4n) is 2.48. The van der Waals surface area contributed by atoms with E-state index in [0.717, 1.165) is 21.6 Å². The minimum atomic E-state index is -0.546. The number of aromatic nitrogens is 2. The van der Waals surface area contributed by atoms with E-state index in [9.17, 15) is 9.59 Å². The summed E-state index contributed by atoms with van der Waals surface area (Å²) in [5, 5.41) is 8.57. The van der Waals surface area contributed by atoms with Crippen LogP contribution in [-0.4, -0.2) is 48.5 Å². The van der Waals surface area contributed by atoms with Crippen molar-refractivity contribution in [1.82, 2.24) is 15.1 Å². The number of carbonyl (C=O) groups is 2. The van der Waals surface area contributed by atoms with Gasteiger partial charge in [0.1, 0.15) is 9.71 Å². The standard InChI is InChI=1S/C18H18ClN3O4S/c1-11-14-9-15(18(24)26-10-16(23)20-6-7-25-2)27-17(14)22(21-11)13-5-3-4-12(19)8-13/h3-5,8-9H,6-7,10H2,1-2H3,(H,20,23). The Balaban J connectivity index is 1.76. The summed E-state index contributed by atoms with van der Waals surface area (Å²) >= 11 is 7.32. The maximum Gasteiger partial charge on any atom is 0.348 e. The van der Waals surface area contributed by atoms with Crippen LogP contribution in [0.1, 0.15) is 15.4 Å². The molecule has 9 heteroatoms. The Bertz CT molecular complexity index is 982. The van der Waals surface area contributed by atoms with Gasteiger partial charge in [-0.1, -0.05) is 17.7 Å². The number of thiophene rings is 1. The largest absolute Gasteiger partial charge is 0.451 e. The molecule has 2 heterocycles. The van der Waals surface area contributed by atoms with Gasteiger partial charge in [0.2, 0.25) is 0 Å². The van der Waals surface area contributed by atoms with Crippen molar-refractivity contribution in [3.05, 3.63) is 45.9 Å². The van der Waals surface area contributed by atoms with Crippen LogP contribution in [0.2, 0.25) is 5.02 Å². The molecule has 27 heavy (non-hydrogen) atoms. The summed E-state index contributed by atoms with van der Waals surface area (Å²) in [6.45, 7) is 2.30. The number of benzene rings is 1. The molecule has 0 aliphatic carbocycles. The molecule has 1 amide bonds. The Labute approximate surface area is 164 Å². The maximum absolute atomic E-state index is 12.3. The number of carbonyl (C=O) groups excluding carboxylic acids is 2. The van der Waals surface area contributed by atoms with E-state index in [4.69, 9.17) is 21.1 Å². The second kappa shape index (κ2) is 8.51. The predicted molar refractivity (Wildman–Crippen MR) is 104 cm³/mol. The zero-order chi connectivity index (χ0) is 19.4. The number of fused-ring (bicyclic) bond motifs is 1. The minimum absolute atomic E-state index is 0.337. The van der Waals surface area contributed by atoms with Crippen molar-refractivity contribution in [2.75, 3.05) is 26.9 Å². The van der Waals surface area contributed by atoms with Crippen LogP contribution in [0.3, 0.4) is 0 Å². The fourth-order valence-corrected chi connectivity index (χ4v) is 3.74.